The highest BCUT2D eigenvalue weighted by Gasteiger charge is 2.10. The molecule has 0 aliphatic rings. The highest BCUT2D eigenvalue weighted by Crippen LogP contribution is 2.26. The molecule has 21 heavy (non-hydrogen) atoms. The van der Waals surface area contributed by atoms with Crippen molar-refractivity contribution in [3.8, 4) is 0 Å². The fourth-order valence-corrected chi connectivity index (χ4v) is 2.80. The quantitative estimate of drug-likeness (QED) is 0.846. The van der Waals surface area contributed by atoms with Crippen LogP contribution in [0.2, 0.25) is 5.02 Å². The minimum absolute atomic E-state index is 0.177. The van der Waals surface area contributed by atoms with Crippen molar-refractivity contribution >= 4 is 43.1 Å². The summed E-state index contributed by atoms with van der Waals surface area (Å²) in [5.74, 6) is -0.356. The molecule has 0 atom stereocenters. The molecule has 7 heteroatoms. The Hall–Kier alpha value is -1.11. The molecule has 0 unspecified atom stereocenters. The Kier molecular flexibility index (Phi) is 4.91. The number of anilines is 1. The zero-order valence-electron chi connectivity index (χ0n) is 11.0. The average molecular weight is 393 g/mol. The predicted octanol–water partition coefficient (Wildman–Crippen LogP) is 4.26. The summed E-state index contributed by atoms with van der Waals surface area (Å²) < 4.78 is 36.9. The van der Waals surface area contributed by atoms with Crippen LogP contribution in [-0.4, -0.2) is 14.7 Å². The Morgan fingerprint density at radius 2 is 1.95 bits per heavy atom. The molecular formula is C14H12BrClFNO2S. The van der Waals surface area contributed by atoms with Gasteiger partial charge in [0.2, 0.25) is 0 Å². The van der Waals surface area contributed by atoms with E-state index in [4.69, 9.17) is 11.6 Å². The van der Waals surface area contributed by atoms with Crippen LogP contribution in [0.15, 0.2) is 45.8 Å². The summed E-state index contributed by atoms with van der Waals surface area (Å²) in [5.41, 5.74) is 1.21. The summed E-state index contributed by atoms with van der Waals surface area (Å²) in [7, 11) is -3.30. The lowest BCUT2D eigenvalue weighted by molar-refractivity contribution is 0.602. The Morgan fingerprint density at radius 3 is 2.57 bits per heavy atom. The molecular weight excluding hydrogens is 381 g/mol. The predicted molar refractivity (Wildman–Crippen MR) is 86.0 cm³/mol. The molecule has 3 nitrogen and oxygen atoms in total. The average Bonchev–Trinajstić information content (AvgIpc) is 2.40. The van der Waals surface area contributed by atoms with Gasteiger partial charge in [-0.1, -0.05) is 17.7 Å². The van der Waals surface area contributed by atoms with Gasteiger partial charge in [-0.3, -0.25) is 0 Å². The highest BCUT2D eigenvalue weighted by molar-refractivity contribution is 9.10. The fourth-order valence-electron chi connectivity index (χ4n) is 1.72. The third kappa shape index (κ3) is 4.18. The van der Waals surface area contributed by atoms with Crippen LogP contribution >= 0.6 is 27.5 Å². The van der Waals surface area contributed by atoms with Gasteiger partial charge in [-0.2, -0.15) is 0 Å². The van der Waals surface area contributed by atoms with Gasteiger partial charge in [0.05, 0.1) is 20.1 Å². The minimum atomic E-state index is -3.30. The molecule has 0 spiro atoms. The molecule has 0 aliphatic heterocycles. The maximum Gasteiger partial charge on any atom is 0.175 e. The van der Waals surface area contributed by atoms with Gasteiger partial charge in [0.25, 0.3) is 0 Å². The van der Waals surface area contributed by atoms with Gasteiger partial charge in [0.1, 0.15) is 5.82 Å². The second-order valence-electron chi connectivity index (χ2n) is 4.52. The van der Waals surface area contributed by atoms with Crippen LogP contribution in [0.1, 0.15) is 5.56 Å². The number of benzene rings is 2. The number of hydrogen-bond donors (Lipinski definition) is 1. The van der Waals surface area contributed by atoms with Crippen LogP contribution in [0.25, 0.3) is 0 Å². The SMILES string of the molecule is CS(=O)(=O)c1ccc(Cl)c(NCc2ccc(Br)c(F)c2)c1. The summed E-state index contributed by atoms with van der Waals surface area (Å²) in [6.45, 7) is 0.330. The third-order valence-electron chi connectivity index (χ3n) is 2.83. The second kappa shape index (κ2) is 6.34. The summed E-state index contributed by atoms with van der Waals surface area (Å²) >= 11 is 9.12. The molecule has 0 amide bonds. The fraction of sp³-hybridized carbons (Fsp3) is 0.143. The molecule has 2 rings (SSSR count). The molecule has 2 aromatic rings. The van der Waals surface area contributed by atoms with Gasteiger partial charge in [-0.05, 0) is 51.8 Å². The van der Waals surface area contributed by atoms with Gasteiger partial charge < -0.3 is 5.32 Å². The van der Waals surface area contributed by atoms with E-state index in [1.807, 2.05) is 0 Å². The lowest BCUT2D eigenvalue weighted by Gasteiger charge is -2.10. The number of nitrogens with one attached hydrogen (secondary N) is 1. The van der Waals surface area contributed by atoms with Crippen molar-refractivity contribution in [1.82, 2.24) is 0 Å². The standard InChI is InChI=1S/C14H12BrClFNO2S/c1-21(19,20)10-3-5-12(16)14(7-10)18-8-9-2-4-11(15)13(17)6-9/h2-7,18H,8H2,1H3. The van der Waals surface area contributed by atoms with Crippen molar-refractivity contribution < 1.29 is 12.8 Å². The molecule has 0 saturated carbocycles. The Labute approximate surface area is 136 Å². The first-order chi connectivity index (χ1) is 9.77. The Balaban J connectivity index is 2.21. The largest absolute Gasteiger partial charge is 0.380 e. The van der Waals surface area contributed by atoms with E-state index in [1.54, 1.807) is 12.1 Å². The van der Waals surface area contributed by atoms with Crippen LogP contribution in [0.4, 0.5) is 10.1 Å². The number of halogens is 3. The molecule has 0 bridgehead atoms. The first kappa shape index (κ1) is 16.3. The molecule has 0 aliphatic carbocycles. The van der Waals surface area contributed by atoms with Crippen molar-refractivity contribution in [3.63, 3.8) is 0 Å². The Morgan fingerprint density at radius 1 is 1.24 bits per heavy atom. The first-order valence-electron chi connectivity index (χ1n) is 5.95. The molecule has 112 valence electrons. The van der Waals surface area contributed by atoms with E-state index in [2.05, 4.69) is 21.2 Å². The molecule has 0 heterocycles. The van der Waals surface area contributed by atoms with Crippen LogP contribution in [0.3, 0.4) is 0 Å². The molecule has 1 N–H and O–H groups in total. The second-order valence-corrected chi connectivity index (χ2v) is 7.79. The van der Waals surface area contributed by atoms with Gasteiger partial charge in [0.15, 0.2) is 9.84 Å². The van der Waals surface area contributed by atoms with E-state index in [1.165, 1.54) is 24.3 Å². The van der Waals surface area contributed by atoms with E-state index in [9.17, 15) is 12.8 Å². The summed E-state index contributed by atoms with van der Waals surface area (Å²) in [6.07, 6.45) is 1.13. The van der Waals surface area contributed by atoms with Gasteiger partial charge in [-0.25, -0.2) is 12.8 Å². The third-order valence-corrected chi connectivity index (χ3v) is 4.92. The van der Waals surface area contributed by atoms with Gasteiger partial charge >= 0.3 is 0 Å². The highest BCUT2D eigenvalue weighted by atomic mass is 79.9. The first-order valence-corrected chi connectivity index (χ1v) is 9.01. The van der Waals surface area contributed by atoms with E-state index in [0.717, 1.165) is 11.8 Å². The topological polar surface area (TPSA) is 46.2 Å². The normalized spacial score (nSPS) is 11.4. The molecule has 0 saturated heterocycles. The van der Waals surface area contributed by atoms with E-state index < -0.39 is 9.84 Å². The number of rotatable bonds is 4. The van der Waals surface area contributed by atoms with Crippen molar-refractivity contribution in [1.29, 1.82) is 0 Å². The maximum absolute atomic E-state index is 13.4. The van der Waals surface area contributed by atoms with Crippen LogP contribution < -0.4 is 5.32 Å². The van der Waals surface area contributed by atoms with E-state index >= 15 is 0 Å². The lowest BCUT2D eigenvalue weighted by Crippen LogP contribution is -2.03. The van der Waals surface area contributed by atoms with Crippen molar-refractivity contribution in [2.24, 2.45) is 0 Å². The van der Waals surface area contributed by atoms with E-state index in [0.29, 0.717) is 21.7 Å². The zero-order chi connectivity index (χ0) is 15.6. The summed E-state index contributed by atoms with van der Waals surface area (Å²) in [5, 5.41) is 3.41. The van der Waals surface area contributed by atoms with Crippen LogP contribution in [0.5, 0.6) is 0 Å². The monoisotopic (exact) mass is 391 g/mol. The van der Waals surface area contributed by atoms with Gasteiger partial charge in [-0.15, -0.1) is 0 Å². The summed E-state index contributed by atoms with van der Waals surface area (Å²) in [6, 6.07) is 9.19. The van der Waals surface area contributed by atoms with Crippen LogP contribution in [0, 0.1) is 5.82 Å². The number of sulfone groups is 1. The summed E-state index contributed by atoms with van der Waals surface area (Å²) in [4.78, 5) is 0.177. The lowest BCUT2D eigenvalue weighted by atomic mass is 10.2. The van der Waals surface area contributed by atoms with Gasteiger partial charge in [0, 0.05) is 12.8 Å². The molecule has 0 fully saturated rings. The van der Waals surface area contributed by atoms with Crippen molar-refractivity contribution in [2.75, 3.05) is 11.6 Å². The zero-order valence-corrected chi connectivity index (χ0v) is 14.2. The Bertz CT molecular complexity index is 781. The molecule has 2 aromatic carbocycles. The number of hydrogen-bond acceptors (Lipinski definition) is 3. The minimum Gasteiger partial charge on any atom is -0.380 e. The van der Waals surface area contributed by atoms with E-state index in [-0.39, 0.29) is 10.7 Å². The van der Waals surface area contributed by atoms with Crippen molar-refractivity contribution in [3.05, 3.63) is 57.3 Å². The smallest absolute Gasteiger partial charge is 0.175 e. The molecule has 0 radical (unpaired) electrons. The maximum atomic E-state index is 13.4. The molecule has 0 aromatic heterocycles. The van der Waals surface area contributed by atoms with Crippen LogP contribution in [-0.2, 0) is 16.4 Å². The van der Waals surface area contributed by atoms with Crippen molar-refractivity contribution in [2.45, 2.75) is 11.4 Å².